The lowest BCUT2D eigenvalue weighted by atomic mass is 10.2. The highest BCUT2D eigenvalue weighted by Crippen LogP contribution is 2.27. The number of benzene rings is 2. The first-order chi connectivity index (χ1) is 11.5. The molecule has 1 amide bonds. The lowest BCUT2D eigenvalue weighted by Gasteiger charge is -2.07. The molecule has 0 fully saturated rings. The van der Waals surface area contributed by atoms with Crippen LogP contribution in [-0.4, -0.2) is 25.8 Å². The van der Waals surface area contributed by atoms with Crippen LogP contribution in [0.25, 0.3) is 0 Å². The van der Waals surface area contributed by atoms with Gasteiger partial charge in [-0.15, -0.1) is 0 Å². The topological polar surface area (TPSA) is 59.9 Å². The van der Waals surface area contributed by atoms with Crippen LogP contribution in [-0.2, 0) is 4.79 Å². The summed E-state index contributed by atoms with van der Waals surface area (Å²) in [5.41, 5.74) is 3.09. The average molecular weight is 432 g/mol. The lowest BCUT2D eigenvalue weighted by Crippen LogP contribution is -2.24. The van der Waals surface area contributed by atoms with Gasteiger partial charge in [0, 0.05) is 15.1 Å². The zero-order chi connectivity index (χ0) is 17.5. The molecule has 0 atom stereocenters. The first-order valence-corrected chi connectivity index (χ1v) is 8.28. The molecule has 0 aliphatic carbocycles. The Morgan fingerprint density at radius 2 is 2.00 bits per heavy atom. The van der Waals surface area contributed by atoms with Crippen molar-refractivity contribution < 1.29 is 14.3 Å². The minimum absolute atomic E-state index is 0.228. The molecule has 0 saturated heterocycles. The number of rotatable bonds is 6. The molecule has 5 nitrogen and oxygen atoms in total. The summed E-state index contributed by atoms with van der Waals surface area (Å²) in [5.74, 6) is 0.584. The highest BCUT2D eigenvalue weighted by molar-refractivity contribution is 9.10. The number of hydrogen-bond donors (Lipinski definition) is 1. The van der Waals surface area contributed by atoms with Crippen LogP contribution in [0.15, 0.2) is 46.0 Å². The number of methoxy groups -OCH3 is 1. The minimum Gasteiger partial charge on any atom is -0.496 e. The number of hydrogen-bond acceptors (Lipinski definition) is 4. The lowest BCUT2D eigenvalue weighted by molar-refractivity contribution is -0.123. The summed E-state index contributed by atoms with van der Waals surface area (Å²) in [6.45, 7) is -0.228. The Kier molecular flexibility index (Phi) is 6.90. The van der Waals surface area contributed by atoms with Gasteiger partial charge < -0.3 is 9.47 Å². The molecule has 0 aliphatic heterocycles. The third kappa shape index (κ3) is 5.40. The van der Waals surface area contributed by atoms with Gasteiger partial charge in [0.05, 0.1) is 18.3 Å². The number of nitrogens with zero attached hydrogens (tertiary/aromatic N) is 1. The Morgan fingerprint density at radius 3 is 2.71 bits per heavy atom. The van der Waals surface area contributed by atoms with E-state index < -0.39 is 5.91 Å². The van der Waals surface area contributed by atoms with Crippen LogP contribution in [0, 0.1) is 0 Å². The van der Waals surface area contributed by atoms with E-state index in [1.807, 2.05) is 12.1 Å². The standard InChI is InChI=1S/C16H13BrCl2N2O3/c1-23-14-4-2-11(17)6-10(14)8-20-21-16(22)9-24-15-5-3-12(18)7-13(15)19/h2-8H,9H2,1H3,(H,21,22)/b20-8-. The third-order valence-electron chi connectivity index (χ3n) is 2.84. The number of halogens is 3. The molecular formula is C16H13BrCl2N2O3. The molecule has 2 aromatic carbocycles. The second-order valence-corrected chi connectivity index (χ2v) is 6.30. The summed E-state index contributed by atoms with van der Waals surface area (Å²) in [7, 11) is 1.56. The predicted molar refractivity (Wildman–Crippen MR) is 98.4 cm³/mol. The molecular weight excluding hydrogens is 419 g/mol. The van der Waals surface area contributed by atoms with Crippen molar-refractivity contribution in [1.82, 2.24) is 5.43 Å². The van der Waals surface area contributed by atoms with Gasteiger partial charge in [0.25, 0.3) is 5.91 Å². The molecule has 1 N–H and O–H groups in total. The molecule has 0 heterocycles. The molecule has 0 bridgehead atoms. The average Bonchev–Trinajstić information content (AvgIpc) is 2.54. The van der Waals surface area contributed by atoms with Crippen molar-refractivity contribution in [2.45, 2.75) is 0 Å². The van der Waals surface area contributed by atoms with E-state index in [1.165, 1.54) is 12.3 Å². The zero-order valence-corrected chi connectivity index (χ0v) is 15.7. The van der Waals surface area contributed by atoms with Gasteiger partial charge in [-0.1, -0.05) is 39.1 Å². The monoisotopic (exact) mass is 430 g/mol. The largest absolute Gasteiger partial charge is 0.496 e. The van der Waals surface area contributed by atoms with Gasteiger partial charge in [-0.3, -0.25) is 4.79 Å². The minimum atomic E-state index is -0.425. The Hall–Kier alpha value is -1.76. The van der Waals surface area contributed by atoms with Crippen LogP contribution in [0.2, 0.25) is 10.0 Å². The number of amides is 1. The van der Waals surface area contributed by atoms with E-state index in [9.17, 15) is 4.79 Å². The maximum Gasteiger partial charge on any atom is 0.277 e. The van der Waals surface area contributed by atoms with Crippen molar-refractivity contribution in [2.24, 2.45) is 5.10 Å². The van der Waals surface area contributed by atoms with E-state index >= 15 is 0 Å². The smallest absolute Gasteiger partial charge is 0.277 e. The molecule has 2 rings (SSSR count). The number of nitrogens with one attached hydrogen (secondary N) is 1. The quantitative estimate of drug-likeness (QED) is 0.548. The van der Waals surface area contributed by atoms with Crippen LogP contribution in [0.3, 0.4) is 0 Å². The van der Waals surface area contributed by atoms with Crippen LogP contribution in [0.4, 0.5) is 0 Å². The van der Waals surface area contributed by atoms with Crippen molar-refractivity contribution in [1.29, 1.82) is 0 Å². The Morgan fingerprint density at radius 1 is 1.25 bits per heavy atom. The van der Waals surface area contributed by atoms with E-state index in [4.69, 9.17) is 32.7 Å². The Balaban J connectivity index is 1.90. The third-order valence-corrected chi connectivity index (χ3v) is 3.86. The van der Waals surface area contributed by atoms with E-state index in [2.05, 4.69) is 26.5 Å². The van der Waals surface area contributed by atoms with Gasteiger partial charge in [0.2, 0.25) is 0 Å². The molecule has 0 aliphatic rings. The summed E-state index contributed by atoms with van der Waals surface area (Å²) in [6, 6.07) is 10.2. The highest BCUT2D eigenvalue weighted by atomic mass is 79.9. The van der Waals surface area contributed by atoms with Gasteiger partial charge in [-0.25, -0.2) is 5.43 Å². The fourth-order valence-electron chi connectivity index (χ4n) is 1.75. The Bertz CT molecular complexity index is 769. The summed E-state index contributed by atoms with van der Waals surface area (Å²) >= 11 is 15.1. The first kappa shape index (κ1) is 18.6. The van der Waals surface area contributed by atoms with Crippen molar-refractivity contribution in [2.75, 3.05) is 13.7 Å². The predicted octanol–water partition coefficient (Wildman–Crippen LogP) is 4.29. The van der Waals surface area contributed by atoms with Crippen LogP contribution in [0.1, 0.15) is 5.56 Å². The molecule has 24 heavy (non-hydrogen) atoms. The molecule has 0 aromatic heterocycles. The highest BCUT2D eigenvalue weighted by Gasteiger charge is 2.06. The van der Waals surface area contributed by atoms with Gasteiger partial charge in [0.15, 0.2) is 6.61 Å². The maximum absolute atomic E-state index is 11.7. The summed E-state index contributed by atoms with van der Waals surface area (Å²) in [4.78, 5) is 11.7. The second kappa shape index (κ2) is 8.92. The summed E-state index contributed by atoms with van der Waals surface area (Å²) < 4.78 is 11.4. The molecule has 8 heteroatoms. The fraction of sp³-hybridized carbons (Fsp3) is 0.125. The van der Waals surface area contributed by atoms with E-state index in [1.54, 1.807) is 25.3 Å². The van der Waals surface area contributed by atoms with Gasteiger partial charge >= 0.3 is 0 Å². The van der Waals surface area contributed by atoms with Crippen LogP contribution < -0.4 is 14.9 Å². The second-order valence-electron chi connectivity index (χ2n) is 4.54. The van der Waals surface area contributed by atoms with Gasteiger partial charge in [-0.05, 0) is 36.4 Å². The molecule has 2 aromatic rings. The zero-order valence-electron chi connectivity index (χ0n) is 12.6. The number of ether oxygens (including phenoxy) is 2. The van der Waals surface area contributed by atoms with Crippen molar-refractivity contribution in [3.63, 3.8) is 0 Å². The number of carbonyl (C=O) groups is 1. The van der Waals surface area contributed by atoms with Gasteiger partial charge in [0.1, 0.15) is 11.5 Å². The SMILES string of the molecule is COc1ccc(Br)cc1/C=N\NC(=O)COc1ccc(Cl)cc1Cl. The summed E-state index contributed by atoms with van der Waals surface area (Å²) in [6.07, 6.45) is 1.48. The van der Waals surface area contributed by atoms with Crippen LogP contribution in [0.5, 0.6) is 11.5 Å². The molecule has 0 saturated carbocycles. The fourth-order valence-corrected chi connectivity index (χ4v) is 2.59. The molecule has 0 unspecified atom stereocenters. The molecule has 0 spiro atoms. The number of carbonyl (C=O) groups excluding carboxylic acids is 1. The van der Waals surface area contributed by atoms with E-state index in [0.717, 1.165) is 4.47 Å². The first-order valence-electron chi connectivity index (χ1n) is 6.73. The van der Waals surface area contributed by atoms with E-state index in [0.29, 0.717) is 27.1 Å². The normalized spacial score (nSPS) is 10.7. The maximum atomic E-state index is 11.7. The summed E-state index contributed by atoms with van der Waals surface area (Å²) in [5, 5.41) is 4.70. The number of hydrazone groups is 1. The Labute approximate surface area is 157 Å². The van der Waals surface area contributed by atoms with E-state index in [-0.39, 0.29) is 6.61 Å². The van der Waals surface area contributed by atoms with Crippen molar-refractivity contribution in [3.05, 3.63) is 56.5 Å². The van der Waals surface area contributed by atoms with Crippen molar-refractivity contribution in [3.8, 4) is 11.5 Å². The van der Waals surface area contributed by atoms with Gasteiger partial charge in [-0.2, -0.15) is 5.10 Å². The van der Waals surface area contributed by atoms with Crippen molar-refractivity contribution >= 4 is 51.3 Å². The van der Waals surface area contributed by atoms with Crippen LogP contribution >= 0.6 is 39.1 Å². The molecule has 126 valence electrons. The molecule has 0 radical (unpaired) electrons.